The summed E-state index contributed by atoms with van der Waals surface area (Å²) in [5.74, 6) is 0. The lowest BCUT2D eigenvalue weighted by molar-refractivity contribution is 0.666. The first-order valence-electron chi connectivity index (χ1n) is 22.2. The third kappa shape index (κ3) is 5.15. The first kappa shape index (κ1) is 38.0. The van der Waals surface area contributed by atoms with Gasteiger partial charge in [0.05, 0.1) is 11.0 Å². The van der Waals surface area contributed by atoms with Crippen molar-refractivity contribution in [2.45, 2.75) is 52.4 Å². The Morgan fingerprint density at radius 3 is 1.74 bits per heavy atom. The molecule has 0 saturated heterocycles. The minimum absolute atomic E-state index is 0.0558. The van der Waals surface area contributed by atoms with Gasteiger partial charge in [-0.3, -0.25) is 0 Å². The van der Waals surface area contributed by atoms with Crippen LogP contribution in [0.3, 0.4) is 0 Å². The number of aromatic amines is 1. The van der Waals surface area contributed by atoms with Crippen LogP contribution in [0.1, 0.15) is 63.8 Å². The van der Waals surface area contributed by atoms with Crippen LogP contribution in [-0.4, -0.2) is 16.6 Å². The van der Waals surface area contributed by atoms with Crippen LogP contribution in [0.4, 0.5) is 0 Å². The Morgan fingerprint density at radius 1 is 0.403 bits per heavy atom. The Labute approximate surface area is 363 Å². The van der Waals surface area contributed by atoms with Crippen molar-refractivity contribution in [3.8, 4) is 39.1 Å². The van der Waals surface area contributed by atoms with Gasteiger partial charge in [-0.15, -0.1) is 0 Å². The minimum Gasteiger partial charge on any atom is -0.354 e. The van der Waals surface area contributed by atoms with Crippen molar-refractivity contribution in [1.29, 1.82) is 0 Å². The van der Waals surface area contributed by atoms with Crippen molar-refractivity contribution in [2.75, 3.05) is 7.05 Å². The molecule has 0 amide bonds. The third-order valence-corrected chi connectivity index (χ3v) is 14.0. The molecule has 3 nitrogen and oxygen atoms in total. The van der Waals surface area contributed by atoms with E-state index in [1.807, 2.05) is 13.8 Å². The molecular formula is C59H51N3. The molecule has 9 aromatic carbocycles. The standard InChI is InChI=1S/C56H40N2.C2H6.CH5N/c1-55(2)47-16-10-8-14-37(47)39-22-18-34-28-45-44-27-33(21-25-49(44)57-50(45)30-41(34)53(39)55)32-20-24-48-43(26-32)40-23-19-35-29-46-38-15-9-11-17-51(38)58(36-12-6-5-7-13-36)52(46)31-42(35)54(40)56(48,3)4;2*1-2/h5-31,57H,1-4H3;1-2H3;2H2,1H3. The van der Waals surface area contributed by atoms with E-state index in [-0.39, 0.29) is 10.8 Å². The highest BCUT2D eigenvalue weighted by molar-refractivity contribution is 6.16. The van der Waals surface area contributed by atoms with E-state index in [0.29, 0.717) is 0 Å². The summed E-state index contributed by atoms with van der Waals surface area (Å²) in [7, 11) is 1.50. The van der Waals surface area contributed by atoms with Crippen molar-refractivity contribution in [2.24, 2.45) is 5.73 Å². The number of nitrogens with two attached hydrogens (primary N) is 1. The van der Waals surface area contributed by atoms with Crippen molar-refractivity contribution in [3.63, 3.8) is 0 Å². The summed E-state index contributed by atoms with van der Waals surface area (Å²) in [6, 6.07) is 61.8. The maximum atomic E-state index is 4.50. The lowest BCUT2D eigenvalue weighted by Crippen LogP contribution is -2.15. The average Bonchev–Trinajstić information content (AvgIpc) is 3.98. The maximum absolute atomic E-state index is 4.50. The van der Waals surface area contributed by atoms with Gasteiger partial charge < -0.3 is 15.3 Å². The van der Waals surface area contributed by atoms with Crippen LogP contribution in [-0.2, 0) is 10.8 Å². The van der Waals surface area contributed by atoms with Crippen LogP contribution in [0.25, 0.3) is 104 Å². The highest BCUT2D eigenvalue weighted by atomic mass is 15.0. The summed E-state index contributed by atoms with van der Waals surface area (Å²) in [5, 5.41) is 10.4. The van der Waals surface area contributed by atoms with Crippen molar-refractivity contribution in [3.05, 3.63) is 186 Å². The van der Waals surface area contributed by atoms with E-state index in [4.69, 9.17) is 0 Å². The van der Waals surface area contributed by atoms with Gasteiger partial charge in [0, 0.05) is 49.1 Å². The van der Waals surface area contributed by atoms with Crippen LogP contribution in [0.15, 0.2) is 164 Å². The zero-order chi connectivity index (χ0) is 42.7. The minimum atomic E-state index is -0.155. The fraction of sp³-hybridized carbons (Fsp3) is 0.153. The number of hydrogen-bond acceptors (Lipinski definition) is 1. The SMILES string of the molecule is CC.CC1(C)c2ccccc2-c2ccc3cc4c(cc3c21)[nH]c1ccc(-c2ccc3c(c2)-c2ccc5cc6c7ccccc7n(-c7ccccc7)c6cc5c2C3(C)C)cc14.CN. The Bertz CT molecular complexity index is 3610. The largest absolute Gasteiger partial charge is 0.354 e. The second-order valence-corrected chi connectivity index (χ2v) is 17.8. The molecule has 13 rings (SSSR count). The van der Waals surface area contributed by atoms with Crippen LogP contribution < -0.4 is 5.73 Å². The van der Waals surface area contributed by atoms with Crippen molar-refractivity contribution >= 4 is 65.2 Å². The van der Waals surface area contributed by atoms with E-state index >= 15 is 0 Å². The van der Waals surface area contributed by atoms with E-state index in [2.05, 4.69) is 207 Å². The van der Waals surface area contributed by atoms with Crippen LogP contribution in [0.2, 0.25) is 0 Å². The molecule has 2 aromatic heterocycles. The number of hydrogen-bond donors (Lipinski definition) is 2. The quantitative estimate of drug-likeness (QED) is 0.180. The molecule has 0 aliphatic heterocycles. The maximum Gasteiger partial charge on any atom is 0.0547 e. The van der Waals surface area contributed by atoms with Gasteiger partial charge in [0.25, 0.3) is 0 Å². The topological polar surface area (TPSA) is 46.7 Å². The van der Waals surface area contributed by atoms with E-state index in [0.717, 1.165) is 0 Å². The molecule has 2 aliphatic carbocycles. The molecule has 0 bridgehead atoms. The summed E-state index contributed by atoms with van der Waals surface area (Å²) in [5.41, 5.74) is 23.9. The van der Waals surface area contributed by atoms with Crippen LogP contribution >= 0.6 is 0 Å². The van der Waals surface area contributed by atoms with Gasteiger partial charge in [0.15, 0.2) is 0 Å². The van der Waals surface area contributed by atoms with E-state index in [1.54, 1.807) is 0 Å². The number of nitrogens with zero attached hydrogens (tertiary/aromatic N) is 1. The number of benzene rings is 9. The van der Waals surface area contributed by atoms with Gasteiger partial charge in [-0.05, 0) is 145 Å². The van der Waals surface area contributed by atoms with Gasteiger partial charge in [-0.2, -0.15) is 0 Å². The Morgan fingerprint density at radius 2 is 0.984 bits per heavy atom. The molecule has 0 atom stereocenters. The van der Waals surface area contributed by atoms with Gasteiger partial charge >= 0.3 is 0 Å². The molecule has 0 fully saturated rings. The molecular weight excluding hydrogens is 751 g/mol. The number of para-hydroxylation sites is 2. The lowest BCUT2D eigenvalue weighted by atomic mass is 9.80. The first-order chi connectivity index (χ1) is 30.3. The molecule has 0 saturated carbocycles. The fourth-order valence-corrected chi connectivity index (χ4v) is 11.4. The molecule has 0 radical (unpaired) electrons. The van der Waals surface area contributed by atoms with Gasteiger partial charge in [0.1, 0.15) is 0 Å². The second-order valence-electron chi connectivity index (χ2n) is 17.8. The fourth-order valence-electron chi connectivity index (χ4n) is 11.4. The summed E-state index contributed by atoms with van der Waals surface area (Å²) >= 11 is 0. The van der Waals surface area contributed by atoms with Gasteiger partial charge in [-0.1, -0.05) is 145 Å². The number of H-pyrrole nitrogens is 1. The summed E-state index contributed by atoms with van der Waals surface area (Å²) < 4.78 is 2.44. The molecule has 62 heavy (non-hydrogen) atoms. The highest BCUT2D eigenvalue weighted by Crippen LogP contribution is 2.54. The van der Waals surface area contributed by atoms with Crippen molar-refractivity contribution in [1.82, 2.24) is 9.55 Å². The van der Waals surface area contributed by atoms with Gasteiger partial charge in [-0.25, -0.2) is 0 Å². The zero-order valence-corrected chi connectivity index (χ0v) is 36.6. The summed E-state index contributed by atoms with van der Waals surface area (Å²) in [6.07, 6.45) is 0. The molecule has 2 heterocycles. The highest BCUT2D eigenvalue weighted by Gasteiger charge is 2.38. The molecule has 2 aliphatic rings. The van der Waals surface area contributed by atoms with E-state index in [9.17, 15) is 0 Å². The molecule has 302 valence electrons. The molecule has 0 spiro atoms. The number of nitrogens with one attached hydrogen (secondary N) is 1. The van der Waals surface area contributed by atoms with E-state index < -0.39 is 0 Å². The van der Waals surface area contributed by atoms with Crippen LogP contribution in [0, 0.1) is 0 Å². The first-order valence-corrected chi connectivity index (χ1v) is 22.2. The second kappa shape index (κ2) is 13.8. The predicted octanol–water partition coefficient (Wildman–Crippen LogP) is 15.6. The smallest absolute Gasteiger partial charge is 0.0547 e. The van der Waals surface area contributed by atoms with Crippen LogP contribution in [0.5, 0.6) is 0 Å². The Kier molecular flexibility index (Phi) is 8.45. The van der Waals surface area contributed by atoms with Crippen molar-refractivity contribution < 1.29 is 0 Å². The monoisotopic (exact) mass is 801 g/mol. The predicted molar refractivity (Wildman–Crippen MR) is 267 cm³/mol. The summed E-state index contributed by atoms with van der Waals surface area (Å²) in [4.78, 5) is 3.80. The normalized spacial score (nSPS) is 14.1. The molecule has 3 heteroatoms. The zero-order valence-electron chi connectivity index (χ0n) is 36.6. The Balaban J connectivity index is 0.00000105. The average molecular weight is 802 g/mol. The molecule has 11 aromatic rings. The number of aromatic nitrogens is 2. The number of fused-ring (bicyclic) bond motifs is 16. The molecule has 0 unspecified atom stereocenters. The van der Waals surface area contributed by atoms with E-state index in [1.165, 1.54) is 134 Å². The summed E-state index contributed by atoms with van der Waals surface area (Å²) in [6.45, 7) is 13.6. The number of rotatable bonds is 2. The third-order valence-electron chi connectivity index (χ3n) is 14.0. The Hall–Kier alpha value is -6.94. The molecule has 3 N–H and O–H groups in total. The lowest BCUT2D eigenvalue weighted by Gasteiger charge is -2.23. The van der Waals surface area contributed by atoms with Gasteiger partial charge in [0.2, 0.25) is 0 Å².